The van der Waals surface area contributed by atoms with Crippen LogP contribution in [0.2, 0.25) is 0 Å². The van der Waals surface area contributed by atoms with E-state index in [0.717, 1.165) is 22.9 Å². The van der Waals surface area contributed by atoms with Crippen LogP contribution in [0, 0.1) is 6.92 Å². The summed E-state index contributed by atoms with van der Waals surface area (Å²) in [6.07, 6.45) is 1.63. The van der Waals surface area contributed by atoms with Crippen LogP contribution in [-0.2, 0) is 19.6 Å². The van der Waals surface area contributed by atoms with Crippen molar-refractivity contribution in [3.8, 4) is 0 Å². The fourth-order valence-corrected chi connectivity index (χ4v) is 3.68. The normalized spacial score (nSPS) is 16.8. The van der Waals surface area contributed by atoms with Gasteiger partial charge in [-0.25, -0.2) is 13.4 Å². The van der Waals surface area contributed by atoms with Gasteiger partial charge in [0.05, 0.1) is 18.0 Å². The largest absolute Gasteiger partial charge is 0.375 e. The Kier molecular flexibility index (Phi) is 5.81. The van der Waals surface area contributed by atoms with Crippen molar-refractivity contribution < 1.29 is 17.9 Å². The molecule has 2 aromatic carbocycles. The van der Waals surface area contributed by atoms with Crippen LogP contribution in [-0.4, -0.2) is 45.0 Å². The summed E-state index contributed by atoms with van der Waals surface area (Å²) in [6.45, 7) is 1.95. The van der Waals surface area contributed by atoms with E-state index in [2.05, 4.69) is 9.82 Å². The molecule has 0 saturated carbocycles. The van der Waals surface area contributed by atoms with E-state index in [-0.39, 0.29) is 18.6 Å². The lowest BCUT2D eigenvalue weighted by atomic mass is 9.97. The molecule has 7 nitrogen and oxygen atoms in total. The van der Waals surface area contributed by atoms with Crippen molar-refractivity contribution in [2.75, 3.05) is 24.7 Å². The molecule has 2 aromatic rings. The molecule has 148 valence electrons. The number of nitrogens with zero attached hydrogens (tertiary/aromatic N) is 2. The van der Waals surface area contributed by atoms with Gasteiger partial charge in [0.1, 0.15) is 6.61 Å². The van der Waals surface area contributed by atoms with Crippen LogP contribution >= 0.6 is 0 Å². The van der Waals surface area contributed by atoms with E-state index in [1.54, 1.807) is 18.2 Å². The van der Waals surface area contributed by atoms with Crippen molar-refractivity contribution in [3.05, 3.63) is 65.2 Å². The standard InChI is InChI=1S/C20H23N3O4S/c1-14-7-9-15(10-8-14)19-12-18(21-23(19)20(24)13-27-2)16-5-4-6-17(11-16)22-28(3,25)26/h4-11,19,22H,12-13H2,1-3H3/t19-/m1/s1. The zero-order chi connectivity index (χ0) is 20.3. The van der Waals surface area contributed by atoms with Gasteiger partial charge in [-0.3, -0.25) is 9.52 Å². The number of anilines is 1. The van der Waals surface area contributed by atoms with Crippen molar-refractivity contribution in [2.45, 2.75) is 19.4 Å². The number of sulfonamides is 1. The van der Waals surface area contributed by atoms with Crippen LogP contribution in [0.5, 0.6) is 0 Å². The maximum absolute atomic E-state index is 12.5. The second-order valence-corrected chi connectivity index (χ2v) is 8.55. The SMILES string of the molecule is COCC(=O)N1N=C(c2cccc(NS(C)(=O)=O)c2)C[C@@H]1c1ccc(C)cc1. The third kappa shape index (κ3) is 4.76. The van der Waals surface area contributed by atoms with Crippen molar-refractivity contribution in [1.29, 1.82) is 0 Å². The monoisotopic (exact) mass is 401 g/mol. The molecule has 0 fully saturated rings. The zero-order valence-corrected chi connectivity index (χ0v) is 16.9. The topological polar surface area (TPSA) is 88.1 Å². The van der Waals surface area contributed by atoms with Crippen LogP contribution < -0.4 is 4.72 Å². The third-order valence-electron chi connectivity index (χ3n) is 4.39. The molecule has 0 aliphatic carbocycles. The molecule has 1 aliphatic heterocycles. The molecule has 8 heteroatoms. The predicted molar refractivity (Wildman–Crippen MR) is 109 cm³/mol. The smallest absolute Gasteiger partial charge is 0.269 e. The summed E-state index contributed by atoms with van der Waals surface area (Å²) in [6, 6.07) is 14.8. The number of hydrazone groups is 1. The van der Waals surface area contributed by atoms with Gasteiger partial charge in [0.2, 0.25) is 10.0 Å². The van der Waals surface area contributed by atoms with Gasteiger partial charge in [0.25, 0.3) is 5.91 Å². The summed E-state index contributed by atoms with van der Waals surface area (Å²) in [5, 5.41) is 6.00. The summed E-state index contributed by atoms with van der Waals surface area (Å²) < 4.78 is 30.5. The summed E-state index contributed by atoms with van der Waals surface area (Å²) in [7, 11) is -1.91. The highest BCUT2D eigenvalue weighted by Gasteiger charge is 2.33. The molecule has 0 spiro atoms. The third-order valence-corrected chi connectivity index (χ3v) is 5.00. The molecule has 0 saturated heterocycles. The molecule has 1 heterocycles. The van der Waals surface area contributed by atoms with E-state index in [0.29, 0.717) is 17.8 Å². The Morgan fingerprint density at radius 1 is 1.25 bits per heavy atom. The van der Waals surface area contributed by atoms with Gasteiger partial charge < -0.3 is 4.74 Å². The van der Waals surface area contributed by atoms with Crippen LogP contribution in [0.3, 0.4) is 0 Å². The zero-order valence-electron chi connectivity index (χ0n) is 16.0. The fraction of sp³-hybridized carbons (Fsp3) is 0.300. The van der Waals surface area contributed by atoms with Crippen LogP contribution in [0.25, 0.3) is 0 Å². The minimum absolute atomic E-state index is 0.0607. The first kappa shape index (κ1) is 20.0. The quantitative estimate of drug-likeness (QED) is 0.806. The van der Waals surface area contributed by atoms with E-state index in [9.17, 15) is 13.2 Å². The maximum Gasteiger partial charge on any atom is 0.269 e. The Labute approximate surface area is 165 Å². The Hall–Kier alpha value is -2.71. The number of carbonyl (C=O) groups is 1. The van der Waals surface area contributed by atoms with Crippen LogP contribution in [0.4, 0.5) is 5.69 Å². The maximum atomic E-state index is 12.5. The molecule has 0 radical (unpaired) electrons. The summed E-state index contributed by atoms with van der Waals surface area (Å²) in [4.78, 5) is 12.5. The van der Waals surface area contributed by atoms with Crippen molar-refractivity contribution in [1.82, 2.24) is 5.01 Å². The Morgan fingerprint density at radius 3 is 2.61 bits per heavy atom. The second-order valence-electron chi connectivity index (χ2n) is 6.80. The number of hydrogen-bond donors (Lipinski definition) is 1. The first-order chi connectivity index (χ1) is 13.3. The van der Waals surface area contributed by atoms with Gasteiger partial charge in [-0.2, -0.15) is 5.10 Å². The molecule has 1 aliphatic rings. The highest BCUT2D eigenvalue weighted by molar-refractivity contribution is 7.92. The number of amides is 1. The number of rotatable bonds is 6. The average molecular weight is 401 g/mol. The summed E-state index contributed by atoms with van der Waals surface area (Å²) in [5.74, 6) is -0.228. The van der Waals surface area contributed by atoms with Gasteiger partial charge in [-0.15, -0.1) is 0 Å². The van der Waals surface area contributed by atoms with E-state index in [1.165, 1.54) is 12.1 Å². The molecule has 1 N–H and O–H groups in total. The second kappa shape index (κ2) is 8.12. The molecular formula is C20H23N3O4S. The minimum Gasteiger partial charge on any atom is -0.375 e. The number of benzene rings is 2. The van der Waals surface area contributed by atoms with E-state index >= 15 is 0 Å². The van der Waals surface area contributed by atoms with Gasteiger partial charge in [-0.1, -0.05) is 42.0 Å². The van der Waals surface area contributed by atoms with Gasteiger partial charge >= 0.3 is 0 Å². The lowest BCUT2D eigenvalue weighted by Gasteiger charge is -2.21. The van der Waals surface area contributed by atoms with Gasteiger partial charge in [0, 0.05) is 19.2 Å². The Bertz CT molecular complexity index is 1000. The Balaban J connectivity index is 1.93. The molecule has 28 heavy (non-hydrogen) atoms. The van der Waals surface area contributed by atoms with Crippen LogP contribution in [0.1, 0.15) is 29.2 Å². The number of aryl methyl sites for hydroxylation is 1. The highest BCUT2D eigenvalue weighted by Crippen LogP contribution is 2.33. The summed E-state index contributed by atoms with van der Waals surface area (Å²) >= 11 is 0. The molecule has 0 unspecified atom stereocenters. The molecule has 1 amide bonds. The predicted octanol–water partition coefficient (Wildman–Crippen LogP) is 2.69. The Morgan fingerprint density at radius 2 is 1.96 bits per heavy atom. The van der Waals surface area contributed by atoms with Crippen molar-refractivity contribution in [2.24, 2.45) is 5.10 Å². The first-order valence-electron chi connectivity index (χ1n) is 8.80. The fourth-order valence-electron chi connectivity index (χ4n) is 3.13. The highest BCUT2D eigenvalue weighted by atomic mass is 32.2. The van der Waals surface area contributed by atoms with Crippen LogP contribution in [0.15, 0.2) is 53.6 Å². The van der Waals surface area contributed by atoms with Gasteiger partial charge in [-0.05, 0) is 30.2 Å². The average Bonchev–Trinajstić information content (AvgIpc) is 3.07. The lowest BCUT2D eigenvalue weighted by Crippen LogP contribution is -2.30. The van der Waals surface area contributed by atoms with E-state index in [1.807, 2.05) is 37.3 Å². The number of nitrogens with one attached hydrogen (secondary N) is 1. The minimum atomic E-state index is -3.38. The number of ether oxygens (including phenoxy) is 1. The number of hydrogen-bond acceptors (Lipinski definition) is 5. The first-order valence-corrected chi connectivity index (χ1v) is 10.7. The summed E-state index contributed by atoms with van der Waals surface area (Å²) in [5.41, 5.74) is 4.05. The number of carbonyl (C=O) groups excluding carboxylic acids is 1. The molecule has 1 atom stereocenters. The molecule has 3 rings (SSSR count). The van der Waals surface area contributed by atoms with Gasteiger partial charge in [0.15, 0.2) is 0 Å². The number of methoxy groups -OCH3 is 1. The van der Waals surface area contributed by atoms with E-state index in [4.69, 9.17) is 4.74 Å². The lowest BCUT2D eigenvalue weighted by molar-refractivity contribution is -0.137. The molecule has 0 aromatic heterocycles. The molecular weight excluding hydrogens is 378 g/mol. The van der Waals surface area contributed by atoms with Crippen molar-refractivity contribution >= 4 is 27.3 Å². The van der Waals surface area contributed by atoms with E-state index < -0.39 is 10.0 Å². The molecule has 0 bridgehead atoms. The van der Waals surface area contributed by atoms with Crippen molar-refractivity contribution in [3.63, 3.8) is 0 Å².